The Morgan fingerprint density at radius 2 is 1.86 bits per heavy atom. The van der Waals surface area contributed by atoms with Gasteiger partial charge in [0.2, 0.25) is 6.79 Å². The van der Waals surface area contributed by atoms with Gasteiger partial charge in [-0.15, -0.1) is 24.0 Å². The van der Waals surface area contributed by atoms with Crippen LogP contribution in [0.4, 0.5) is 0 Å². The van der Waals surface area contributed by atoms with Gasteiger partial charge in [0.25, 0.3) is 0 Å². The Morgan fingerprint density at radius 3 is 2.62 bits per heavy atom. The highest BCUT2D eigenvalue weighted by molar-refractivity contribution is 14.0. The molecular weight excluding hydrogens is 481 g/mol. The summed E-state index contributed by atoms with van der Waals surface area (Å²) in [6.45, 7) is 1.77. The van der Waals surface area contributed by atoms with Gasteiger partial charge < -0.3 is 20.1 Å². The van der Waals surface area contributed by atoms with Gasteiger partial charge in [0, 0.05) is 32.5 Å². The first-order valence-electron chi connectivity index (χ1n) is 9.24. The van der Waals surface area contributed by atoms with E-state index in [1.165, 1.54) is 11.1 Å². The maximum Gasteiger partial charge on any atom is 0.231 e. The van der Waals surface area contributed by atoms with Crippen molar-refractivity contribution in [1.82, 2.24) is 20.4 Å². The molecule has 3 aromatic rings. The number of fused-ring (bicyclic) bond motifs is 1. The second-order valence-electron chi connectivity index (χ2n) is 6.41. The lowest BCUT2D eigenvalue weighted by atomic mass is 10.1. The Morgan fingerprint density at radius 1 is 1.07 bits per heavy atom. The van der Waals surface area contributed by atoms with Gasteiger partial charge >= 0.3 is 0 Å². The first kappa shape index (κ1) is 21.0. The summed E-state index contributed by atoms with van der Waals surface area (Å²) in [5.41, 5.74) is 3.41. The highest BCUT2D eigenvalue weighted by Gasteiger charge is 2.12. The van der Waals surface area contributed by atoms with Crippen molar-refractivity contribution in [3.63, 3.8) is 0 Å². The molecule has 0 amide bonds. The van der Waals surface area contributed by atoms with Crippen molar-refractivity contribution in [1.29, 1.82) is 0 Å². The number of halogens is 1. The Labute approximate surface area is 187 Å². The van der Waals surface area contributed by atoms with Crippen LogP contribution in [-0.4, -0.2) is 36.1 Å². The number of nitrogens with one attached hydrogen (secondary N) is 2. The number of nitrogens with zero attached hydrogens (tertiary/aromatic N) is 3. The van der Waals surface area contributed by atoms with Crippen molar-refractivity contribution >= 4 is 29.9 Å². The van der Waals surface area contributed by atoms with Crippen LogP contribution in [0.3, 0.4) is 0 Å². The van der Waals surface area contributed by atoms with Gasteiger partial charge in [0.1, 0.15) is 0 Å². The minimum Gasteiger partial charge on any atom is -0.454 e. The number of hydrogen-bond acceptors (Lipinski definition) is 4. The first-order chi connectivity index (χ1) is 13.8. The van der Waals surface area contributed by atoms with Crippen molar-refractivity contribution in [2.45, 2.75) is 13.0 Å². The molecule has 0 bridgehead atoms. The van der Waals surface area contributed by atoms with Gasteiger partial charge in [-0.05, 0) is 47.9 Å². The molecule has 7 nitrogen and oxygen atoms in total. The average molecular weight is 505 g/mol. The molecule has 4 rings (SSSR count). The highest BCUT2D eigenvalue weighted by atomic mass is 127. The highest BCUT2D eigenvalue weighted by Crippen LogP contribution is 2.32. The summed E-state index contributed by atoms with van der Waals surface area (Å²) in [6, 6.07) is 16.2. The van der Waals surface area contributed by atoms with E-state index in [0.29, 0.717) is 13.3 Å². The third kappa shape index (κ3) is 5.41. The van der Waals surface area contributed by atoms with Crippen molar-refractivity contribution in [2.75, 3.05) is 20.4 Å². The number of aromatic nitrogens is 2. The Balaban J connectivity index is 0.00000240. The second-order valence-corrected chi connectivity index (χ2v) is 6.41. The molecule has 0 spiro atoms. The van der Waals surface area contributed by atoms with Crippen LogP contribution in [0.1, 0.15) is 11.1 Å². The molecule has 0 aliphatic carbocycles. The molecule has 8 heteroatoms. The third-order valence-corrected chi connectivity index (χ3v) is 4.53. The molecule has 152 valence electrons. The molecule has 2 aromatic carbocycles. The van der Waals surface area contributed by atoms with E-state index in [0.717, 1.165) is 36.1 Å². The molecule has 29 heavy (non-hydrogen) atoms. The molecule has 0 radical (unpaired) electrons. The lowest BCUT2D eigenvalue weighted by Gasteiger charge is -2.12. The summed E-state index contributed by atoms with van der Waals surface area (Å²) in [5, 5.41) is 10.9. The van der Waals surface area contributed by atoms with E-state index < -0.39 is 0 Å². The molecule has 0 saturated carbocycles. The predicted molar refractivity (Wildman–Crippen MR) is 123 cm³/mol. The van der Waals surface area contributed by atoms with E-state index in [1.54, 1.807) is 13.2 Å². The maximum absolute atomic E-state index is 5.42. The molecule has 2 N–H and O–H groups in total. The van der Waals surface area contributed by atoms with Crippen LogP contribution in [0.2, 0.25) is 0 Å². The van der Waals surface area contributed by atoms with Crippen molar-refractivity contribution in [2.24, 2.45) is 4.99 Å². The minimum absolute atomic E-state index is 0. The quantitative estimate of drug-likeness (QED) is 0.306. The van der Waals surface area contributed by atoms with Crippen molar-refractivity contribution in [3.05, 3.63) is 72.1 Å². The normalized spacial score (nSPS) is 12.4. The number of ether oxygens (including phenoxy) is 2. The van der Waals surface area contributed by atoms with Gasteiger partial charge in [0.05, 0.1) is 5.69 Å². The Hall–Kier alpha value is -2.75. The number of guanidine groups is 1. The van der Waals surface area contributed by atoms with Crippen LogP contribution in [0, 0.1) is 0 Å². The SMILES string of the molecule is CN=C(NCCc1ccc2c(c1)OCO2)NCc1ccc(-n2cccn2)cc1.I. The molecule has 0 unspecified atom stereocenters. The fourth-order valence-corrected chi connectivity index (χ4v) is 3.02. The van der Waals surface area contributed by atoms with E-state index in [9.17, 15) is 0 Å². The standard InChI is InChI=1S/C21H23N5O2.HI/c1-22-21(23-11-9-16-5-8-19-20(13-16)28-15-27-19)24-14-17-3-6-18(7-4-17)26-12-2-10-25-26;/h2-8,10,12-13H,9,11,14-15H2,1H3,(H2,22,23,24);1H. The number of rotatable bonds is 6. The fourth-order valence-electron chi connectivity index (χ4n) is 3.02. The van der Waals surface area contributed by atoms with E-state index in [4.69, 9.17) is 9.47 Å². The van der Waals surface area contributed by atoms with Crippen molar-refractivity contribution < 1.29 is 9.47 Å². The van der Waals surface area contributed by atoms with Crippen LogP contribution in [-0.2, 0) is 13.0 Å². The third-order valence-electron chi connectivity index (χ3n) is 4.53. The van der Waals surface area contributed by atoms with Gasteiger partial charge in [-0.3, -0.25) is 4.99 Å². The minimum atomic E-state index is 0. The van der Waals surface area contributed by atoms with E-state index in [-0.39, 0.29) is 24.0 Å². The molecule has 0 fully saturated rings. The van der Waals surface area contributed by atoms with Gasteiger partial charge in [-0.25, -0.2) is 4.68 Å². The van der Waals surface area contributed by atoms with Crippen molar-refractivity contribution in [3.8, 4) is 17.2 Å². The average Bonchev–Trinajstić information content (AvgIpc) is 3.42. The zero-order valence-electron chi connectivity index (χ0n) is 16.2. The lowest BCUT2D eigenvalue weighted by Crippen LogP contribution is -2.37. The van der Waals surface area contributed by atoms with E-state index in [1.807, 2.05) is 29.1 Å². The molecule has 0 atom stereocenters. The summed E-state index contributed by atoms with van der Waals surface area (Å²) in [5.74, 6) is 2.41. The summed E-state index contributed by atoms with van der Waals surface area (Å²) < 4.78 is 12.6. The topological polar surface area (TPSA) is 72.7 Å². The van der Waals surface area contributed by atoms with Crippen LogP contribution >= 0.6 is 24.0 Å². The molecule has 2 heterocycles. The van der Waals surface area contributed by atoms with Crippen LogP contribution in [0.15, 0.2) is 65.9 Å². The Kier molecular flexibility index (Phi) is 7.34. The lowest BCUT2D eigenvalue weighted by molar-refractivity contribution is 0.174. The monoisotopic (exact) mass is 505 g/mol. The van der Waals surface area contributed by atoms with Gasteiger partial charge in [0.15, 0.2) is 17.5 Å². The largest absolute Gasteiger partial charge is 0.454 e. The predicted octanol–water partition coefficient (Wildman–Crippen LogP) is 3.13. The van der Waals surface area contributed by atoms with E-state index in [2.05, 4.69) is 51.1 Å². The second kappa shape index (κ2) is 10.1. The zero-order valence-corrected chi connectivity index (χ0v) is 18.5. The van der Waals surface area contributed by atoms with Gasteiger partial charge in [-0.1, -0.05) is 18.2 Å². The van der Waals surface area contributed by atoms with Crippen LogP contribution in [0.5, 0.6) is 11.5 Å². The smallest absolute Gasteiger partial charge is 0.231 e. The summed E-state index contributed by atoms with van der Waals surface area (Å²) in [4.78, 5) is 4.29. The van der Waals surface area contributed by atoms with Crippen LogP contribution in [0.25, 0.3) is 5.69 Å². The van der Waals surface area contributed by atoms with E-state index >= 15 is 0 Å². The van der Waals surface area contributed by atoms with Gasteiger partial charge in [-0.2, -0.15) is 5.10 Å². The molecular formula is C21H24IN5O2. The number of aliphatic imine (C=N–C) groups is 1. The fraction of sp³-hybridized carbons (Fsp3) is 0.238. The van der Waals surface area contributed by atoms with Crippen LogP contribution < -0.4 is 20.1 Å². The molecule has 1 aromatic heterocycles. The summed E-state index contributed by atoms with van der Waals surface area (Å²) >= 11 is 0. The first-order valence-corrected chi connectivity index (χ1v) is 9.24. The Bertz CT molecular complexity index is 942. The molecule has 1 aliphatic rings. The summed E-state index contributed by atoms with van der Waals surface area (Å²) in [6.07, 6.45) is 4.57. The number of hydrogen-bond donors (Lipinski definition) is 2. The number of benzene rings is 2. The maximum atomic E-state index is 5.42. The molecule has 0 saturated heterocycles. The summed E-state index contributed by atoms with van der Waals surface area (Å²) in [7, 11) is 1.77. The molecule has 1 aliphatic heterocycles. The zero-order chi connectivity index (χ0) is 19.2.